The molecule has 4 aromatic rings. The molecule has 0 unspecified atom stereocenters. The van der Waals surface area contributed by atoms with Gasteiger partial charge in [-0.2, -0.15) is 0 Å². The average Bonchev–Trinajstić information content (AvgIpc) is 3.11. The molecular formula is C26H25NO4. The molecule has 5 heteroatoms. The minimum Gasteiger partial charge on any atom is -0.496 e. The van der Waals surface area contributed by atoms with Gasteiger partial charge in [-0.3, -0.25) is 4.79 Å². The van der Waals surface area contributed by atoms with E-state index in [9.17, 15) is 4.79 Å². The lowest BCUT2D eigenvalue weighted by atomic mass is 10.0. The number of nitrogens with zero attached hydrogens (tertiary/aromatic N) is 1. The summed E-state index contributed by atoms with van der Waals surface area (Å²) in [6.45, 7) is 0.426. The molecule has 158 valence electrons. The molecule has 3 aromatic carbocycles. The van der Waals surface area contributed by atoms with E-state index in [0.29, 0.717) is 13.0 Å². The van der Waals surface area contributed by atoms with Crippen molar-refractivity contribution in [3.05, 3.63) is 84.1 Å². The Balaban J connectivity index is 1.50. The van der Waals surface area contributed by atoms with E-state index in [0.717, 1.165) is 44.8 Å². The second-order valence-corrected chi connectivity index (χ2v) is 7.50. The minimum atomic E-state index is -0.789. The molecule has 0 aliphatic rings. The summed E-state index contributed by atoms with van der Waals surface area (Å²) < 4.78 is 13.7. The van der Waals surface area contributed by atoms with Gasteiger partial charge in [0.2, 0.25) is 0 Å². The van der Waals surface area contributed by atoms with Crippen LogP contribution >= 0.6 is 0 Å². The van der Waals surface area contributed by atoms with E-state index in [2.05, 4.69) is 24.3 Å². The quantitative estimate of drug-likeness (QED) is 0.416. The number of ether oxygens (including phenoxy) is 2. The van der Waals surface area contributed by atoms with Crippen LogP contribution < -0.4 is 9.47 Å². The number of aromatic nitrogens is 1. The van der Waals surface area contributed by atoms with Crippen LogP contribution in [0.15, 0.2) is 72.8 Å². The Bertz CT molecular complexity index is 1210. The summed E-state index contributed by atoms with van der Waals surface area (Å²) in [4.78, 5) is 10.9. The maximum absolute atomic E-state index is 10.9. The number of fused-ring (bicyclic) bond motifs is 1. The first kappa shape index (κ1) is 20.5. The molecule has 31 heavy (non-hydrogen) atoms. The van der Waals surface area contributed by atoms with Gasteiger partial charge in [-0.05, 0) is 47.9 Å². The molecule has 0 saturated carbocycles. The van der Waals surface area contributed by atoms with Crippen LogP contribution in [0.4, 0.5) is 0 Å². The third-order valence-electron chi connectivity index (χ3n) is 5.46. The number of methoxy groups -OCH3 is 1. The fourth-order valence-electron chi connectivity index (χ4n) is 3.80. The third kappa shape index (κ3) is 4.56. The molecule has 0 fully saturated rings. The van der Waals surface area contributed by atoms with Crippen molar-refractivity contribution in [1.29, 1.82) is 0 Å². The smallest absolute Gasteiger partial charge is 0.303 e. The van der Waals surface area contributed by atoms with Gasteiger partial charge in [0, 0.05) is 29.2 Å². The highest BCUT2D eigenvalue weighted by atomic mass is 16.5. The molecule has 4 rings (SSSR count). The van der Waals surface area contributed by atoms with Crippen molar-refractivity contribution >= 4 is 16.9 Å². The van der Waals surface area contributed by atoms with Gasteiger partial charge >= 0.3 is 5.97 Å². The molecule has 0 aliphatic heterocycles. The fourth-order valence-corrected chi connectivity index (χ4v) is 3.80. The Morgan fingerprint density at radius 3 is 2.55 bits per heavy atom. The summed E-state index contributed by atoms with van der Waals surface area (Å²) in [7, 11) is 3.64. The van der Waals surface area contributed by atoms with Gasteiger partial charge in [0.05, 0.1) is 13.5 Å². The van der Waals surface area contributed by atoms with E-state index in [1.807, 2.05) is 60.1 Å². The van der Waals surface area contributed by atoms with Crippen molar-refractivity contribution in [3.63, 3.8) is 0 Å². The number of carbonyl (C=O) groups is 1. The van der Waals surface area contributed by atoms with E-state index < -0.39 is 5.97 Å². The topological polar surface area (TPSA) is 60.7 Å². The van der Waals surface area contributed by atoms with Gasteiger partial charge in [-0.25, -0.2) is 0 Å². The average molecular weight is 415 g/mol. The van der Waals surface area contributed by atoms with Crippen LogP contribution in [0, 0.1) is 0 Å². The molecule has 1 heterocycles. The predicted octanol–water partition coefficient (Wildman–Crippen LogP) is 5.45. The van der Waals surface area contributed by atoms with Crippen molar-refractivity contribution in [2.45, 2.75) is 19.4 Å². The van der Waals surface area contributed by atoms with Gasteiger partial charge in [0.1, 0.15) is 18.1 Å². The maximum Gasteiger partial charge on any atom is 0.303 e. The first-order valence-corrected chi connectivity index (χ1v) is 10.2. The molecular weight excluding hydrogens is 390 g/mol. The van der Waals surface area contributed by atoms with E-state index >= 15 is 0 Å². The lowest BCUT2D eigenvalue weighted by molar-refractivity contribution is -0.136. The monoisotopic (exact) mass is 415 g/mol. The zero-order chi connectivity index (χ0) is 21.8. The summed E-state index contributed by atoms with van der Waals surface area (Å²) in [5, 5.41) is 9.98. The van der Waals surface area contributed by atoms with Crippen LogP contribution in [0.1, 0.15) is 17.7 Å². The van der Waals surface area contributed by atoms with Crippen molar-refractivity contribution in [1.82, 2.24) is 4.57 Å². The molecule has 0 atom stereocenters. The van der Waals surface area contributed by atoms with Crippen molar-refractivity contribution in [2.75, 3.05) is 7.11 Å². The highest BCUT2D eigenvalue weighted by molar-refractivity contribution is 5.83. The molecule has 0 radical (unpaired) electrons. The maximum atomic E-state index is 10.9. The zero-order valence-electron chi connectivity index (χ0n) is 17.7. The molecule has 5 nitrogen and oxygen atoms in total. The minimum absolute atomic E-state index is 0.119. The van der Waals surface area contributed by atoms with Gasteiger partial charge in [-0.15, -0.1) is 0 Å². The summed E-state index contributed by atoms with van der Waals surface area (Å²) in [6.07, 6.45) is 0.624. The Hall–Kier alpha value is -3.73. The highest BCUT2D eigenvalue weighted by Gasteiger charge is 2.10. The van der Waals surface area contributed by atoms with Crippen molar-refractivity contribution in [3.8, 4) is 22.6 Å². The number of rotatable bonds is 8. The number of hydrogen-bond acceptors (Lipinski definition) is 3. The Kier molecular flexibility index (Phi) is 5.94. The lowest BCUT2D eigenvalue weighted by Crippen LogP contribution is -2.01. The van der Waals surface area contributed by atoms with E-state index in [4.69, 9.17) is 14.6 Å². The predicted molar refractivity (Wildman–Crippen MR) is 122 cm³/mol. The first-order valence-electron chi connectivity index (χ1n) is 10.2. The molecule has 1 N–H and O–H groups in total. The van der Waals surface area contributed by atoms with Crippen LogP contribution in [0.2, 0.25) is 0 Å². The fraction of sp³-hybridized carbons (Fsp3) is 0.192. The number of aliphatic carboxylic acids is 1. The SMILES string of the molecule is COc1cc(COc2ccc3c(c2)cc(CCC(=O)O)n3C)ccc1-c1ccccc1. The summed E-state index contributed by atoms with van der Waals surface area (Å²) >= 11 is 0. The Morgan fingerprint density at radius 1 is 1.00 bits per heavy atom. The number of carboxylic acid groups (broad SMARTS) is 1. The third-order valence-corrected chi connectivity index (χ3v) is 5.46. The second kappa shape index (κ2) is 8.96. The van der Waals surface area contributed by atoms with E-state index in [1.54, 1.807) is 7.11 Å². The Labute approximate surface area is 181 Å². The number of benzene rings is 3. The van der Waals surface area contributed by atoms with Gasteiger partial charge in [-0.1, -0.05) is 42.5 Å². The van der Waals surface area contributed by atoms with Crippen molar-refractivity contribution in [2.24, 2.45) is 7.05 Å². The summed E-state index contributed by atoms with van der Waals surface area (Å²) in [5.41, 5.74) is 5.23. The normalized spacial score (nSPS) is 10.9. The van der Waals surface area contributed by atoms with Crippen molar-refractivity contribution < 1.29 is 19.4 Å². The summed E-state index contributed by atoms with van der Waals surface area (Å²) in [5.74, 6) is 0.797. The van der Waals surface area contributed by atoms with Gasteiger partial charge in [0.15, 0.2) is 0 Å². The molecule has 0 bridgehead atoms. The Morgan fingerprint density at radius 2 is 1.81 bits per heavy atom. The standard InChI is InChI=1S/C26H25NO4/c1-27-21(9-13-26(28)29)15-20-16-22(10-12-24(20)27)31-17-18-8-11-23(25(14-18)30-2)19-6-4-3-5-7-19/h3-8,10-12,14-16H,9,13,17H2,1-2H3,(H,28,29). The first-order chi connectivity index (χ1) is 15.0. The van der Waals surface area contributed by atoms with Crippen LogP contribution in [-0.2, 0) is 24.9 Å². The zero-order valence-corrected chi connectivity index (χ0v) is 17.7. The van der Waals surface area contributed by atoms with Crippen LogP contribution in [0.5, 0.6) is 11.5 Å². The highest BCUT2D eigenvalue weighted by Crippen LogP contribution is 2.31. The molecule has 0 spiro atoms. The second-order valence-electron chi connectivity index (χ2n) is 7.50. The van der Waals surface area contributed by atoms with Gasteiger partial charge in [0.25, 0.3) is 0 Å². The van der Waals surface area contributed by atoms with Gasteiger partial charge < -0.3 is 19.1 Å². The number of hydrogen-bond donors (Lipinski definition) is 1. The van der Waals surface area contributed by atoms with Crippen LogP contribution in [0.25, 0.3) is 22.0 Å². The lowest BCUT2D eigenvalue weighted by Gasteiger charge is -2.12. The summed E-state index contributed by atoms with van der Waals surface area (Å²) in [6, 6.07) is 24.2. The molecule has 1 aromatic heterocycles. The number of carboxylic acids is 1. The molecule has 0 aliphatic carbocycles. The van der Waals surface area contributed by atoms with E-state index in [-0.39, 0.29) is 6.42 Å². The number of aryl methyl sites for hydroxylation is 2. The van der Waals surface area contributed by atoms with E-state index in [1.165, 1.54) is 0 Å². The largest absolute Gasteiger partial charge is 0.496 e. The molecule has 0 saturated heterocycles. The van der Waals surface area contributed by atoms with Crippen LogP contribution in [-0.4, -0.2) is 22.8 Å². The van der Waals surface area contributed by atoms with Crippen LogP contribution in [0.3, 0.4) is 0 Å². The molecule has 0 amide bonds.